The first kappa shape index (κ1) is 22.0. The molecular weight excluding hydrogens is 404 g/mol. The number of imidazole rings is 1. The quantitative estimate of drug-likeness (QED) is 0.268. The van der Waals surface area contributed by atoms with Crippen LogP contribution in [0.15, 0.2) is 41.5 Å². The average Bonchev–Trinajstić information content (AvgIpc) is 3.19. The number of nitrogens with zero attached hydrogens (tertiary/aromatic N) is 3. The molecular formula is C25H30N4O3. The third-order valence-corrected chi connectivity index (χ3v) is 5.87. The second kappa shape index (κ2) is 8.39. The van der Waals surface area contributed by atoms with E-state index in [0.29, 0.717) is 16.5 Å². The Labute approximate surface area is 187 Å². The van der Waals surface area contributed by atoms with Gasteiger partial charge in [0.15, 0.2) is 5.43 Å². The van der Waals surface area contributed by atoms with Crippen LogP contribution >= 0.6 is 0 Å². The van der Waals surface area contributed by atoms with Crippen LogP contribution in [0.1, 0.15) is 34.6 Å². The maximum atomic E-state index is 13.6. The van der Waals surface area contributed by atoms with Crippen LogP contribution in [-0.4, -0.2) is 46.4 Å². The molecule has 7 nitrogen and oxygen atoms in total. The van der Waals surface area contributed by atoms with E-state index in [0.717, 1.165) is 48.4 Å². The van der Waals surface area contributed by atoms with E-state index in [9.17, 15) is 9.59 Å². The Bertz CT molecular complexity index is 1330. The first-order chi connectivity index (χ1) is 15.2. The van der Waals surface area contributed by atoms with Crippen LogP contribution in [0.25, 0.3) is 27.3 Å². The standard InChI is InChI=1S/C25H30N4O3/c1-6-28(7-2)13-12-26-18-9-10-19-22-21(18)23(30)17-14-16(32-24(31)25(3,4)5)8-11-20(17)29(22)15-27-19/h8-11,14-15,26H,6-7,12-13H2,1-5H3. The zero-order valence-corrected chi connectivity index (χ0v) is 19.4. The molecule has 2 heterocycles. The summed E-state index contributed by atoms with van der Waals surface area (Å²) < 4.78 is 7.48. The summed E-state index contributed by atoms with van der Waals surface area (Å²) in [5.74, 6) is 0.0219. The minimum Gasteiger partial charge on any atom is -0.426 e. The summed E-state index contributed by atoms with van der Waals surface area (Å²) in [6, 6.07) is 9.04. The molecule has 0 aliphatic rings. The molecule has 0 saturated heterocycles. The molecule has 7 heteroatoms. The molecule has 0 bridgehead atoms. The Morgan fingerprint density at radius 1 is 1.16 bits per heavy atom. The van der Waals surface area contributed by atoms with Crippen LogP contribution in [0.2, 0.25) is 0 Å². The van der Waals surface area contributed by atoms with Crippen LogP contribution in [0.4, 0.5) is 5.69 Å². The van der Waals surface area contributed by atoms with Gasteiger partial charge in [-0.05, 0) is 64.2 Å². The SMILES string of the molecule is CCN(CC)CCNc1ccc2ncn3c4ccc(OC(=O)C(C)(C)C)cc4c(=O)c1c23. The monoisotopic (exact) mass is 434 g/mol. The number of carbonyl (C=O) groups excluding carboxylic acids is 1. The number of aromatic nitrogens is 2. The molecule has 0 aliphatic heterocycles. The molecule has 0 amide bonds. The number of nitrogens with one attached hydrogen (secondary N) is 1. The highest BCUT2D eigenvalue weighted by Gasteiger charge is 2.24. The average molecular weight is 435 g/mol. The minimum absolute atomic E-state index is 0.0994. The molecule has 2 aromatic heterocycles. The van der Waals surface area contributed by atoms with Gasteiger partial charge in [-0.2, -0.15) is 0 Å². The summed E-state index contributed by atoms with van der Waals surface area (Å²) in [4.78, 5) is 32.8. The lowest BCUT2D eigenvalue weighted by Gasteiger charge is -2.19. The van der Waals surface area contributed by atoms with E-state index in [1.54, 1.807) is 39.2 Å². The predicted molar refractivity (Wildman–Crippen MR) is 129 cm³/mol. The number of fused-ring (bicyclic) bond motifs is 2. The van der Waals surface area contributed by atoms with Crippen LogP contribution in [0, 0.1) is 5.41 Å². The zero-order chi connectivity index (χ0) is 23.0. The van der Waals surface area contributed by atoms with Gasteiger partial charge < -0.3 is 15.0 Å². The van der Waals surface area contributed by atoms with E-state index in [2.05, 4.69) is 29.0 Å². The van der Waals surface area contributed by atoms with E-state index < -0.39 is 5.41 Å². The molecule has 4 aromatic rings. The molecule has 32 heavy (non-hydrogen) atoms. The van der Waals surface area contributed by atoms with E-state index >= 15 is 0 Å². The molecule has 1 N–H and O–H groups in total. The van der Waals surface area contributed by atoms with Crippen molar-refractivity contribution in [1.29, 1.82) is 0 Å². The van der Waals surface area contributed by atoms with Crippen molar-refractivity contribution >= 4 is 39.0 Å². The first-order valence-electron chi connectivity index (χ1n) is 11.1. The summed E-state index contributed by atoms with van der Waals surface area (Å²) in [7, 11) is 0. The fourth-order valence-corrected chi connectivity index (χ4v) is 3.92. The summed E-state index contributed by atoms with van der Waals surface area (Å²) >= 11 is 0. The number of carbonyl (C=O) groups is 1. The smallest absolute Gasteiger partial charge is 0.316 e. The summed E-state index contributed by atoms with van der Waals surface area (Å²) in [6.45, 7) is 13.3. The fraction of sp³-hybridized carbons (Fsp3) is 0.400. The number of benzene rings is 2. The molecule has 0 spiro atoms. The largest absolute Gasteiger partial charge is 0.426 e. The van der Waals surface area contributed by atoms with Crippen LogP contribution in [0.5, 0.6) is 5.75 Å². The normalized spacial score (nSPS) is 12.3. The summed E-state index contributed by atoms with van der Waals surface area (Å²) in [5, 5.41) is 4.54. The third kappa shape index (κ3) is 3.88. The number of pyridine rings is 1. The molecule has 0 aliphatic carbocycles. The molecule has 0 radical (unpaired) electrons. The van der Waals surface area contributed by atoms with Gasteiger partial charge >= 0.3 is 5.97 Å². The van der Waals surface area contributed by atoms with Gasteiger partial charge in [0.05, 0.1) is 32.7 Å². The van der Waals surface area contributed by atoms with Crippen molar-refractivity contribution in [3.05, 3.63) is 46.9 Å². The third-order valence-electron chi connectivity index (χ3n) is 5.87. The Morgan fingerprint density at radius 2 is 1.91 bits per heavy atom. The second-order valence-corrected chi connectivity index (χ2v) is 9.07. The molecule has 168 valence electrons. The van der Waals surface area contributed by atoms with Crippen molar-refractivity contribution in [2.75, 3.05) is 31.5 Å². The number of hydrogen-bond acceptors (Lipinski definition) is 6. The molecule has 0 atom stereocenters. The number of anilines is 1. The lowest BCUT2D eigenvalue weighted by Crippen LogP contribution is -2.28. The summed E-state index contributed by atoms with van der Waals surface area (Å²) in [5.41, 5.74) is 2.37. The highest BCUT2D eigenvalue weighted by molar-refractivity contribution is 6.07. The molecule has 4 rings (SSSR count). The highest BCUT2D eigenvalue weighted by atomic mass is 16.5. The number of ether oxygens (including phenoxy) is 1. The number of esters is 1. The van der Waals surface area contributed by atoms with Gasteiger partial charge in [-0.15, -0.1) is 0 Å². The first-order valence-corrected chi connectivity index (χ1v) is 11.1. The van der Waals surface area contributed by atoms with Gasteiger partial charge in [0.25, 0.3) is 0 Å². The highest BCUT2D eigenvalue weighted by Crippen LogP contribution is 2.30. The maximum Gasteiger partial charge on any atom is 0.316 e. The Morgan fingerprint density at radius 3 is 2.59 bits per heavy atom. The van der Waals surface area contributed by atoms with Gasteiger partial charge in [0.2, 0.25) is 0 Å². The van der Waals surface area contributed by atoms with Crippen molar-refractivity contribution < 1.29 is 9.53 Å². The van der Waals surface area contributed by atoms with Crippen molar-refractivity contribution in [3.63, 3.8) is 0 Å². The van der Waals surface area contributed by atoms with Crippen molar-refractivity contribution in [2.45, 2.75) is 34.6 Å². The topological polar surface area (TPSA) is 75.9 Å². The van der Waals surface area contributed by atoms with Crippen molar-refractivity contribution in [3.8, 4) is 5.75 Å². The minimum atomic E-state index is -0.634. The van der Waals surface area contributed by atoms with E-state index in [4.69, 9.17) is 4.74 Å². The lowest BCUT2D eigenvalue weighted by atomic mass is 9.97. The predicted octanol–water partition coefficient (Wildman–Crippen LogP) is 4.14. The van der Waals surface area contributed by atoms with Crippen molar-refractivity contribution in [2.24, 2.45) is 5.41 Å². The fourth-order valence-electron chi connectivity index (χ4n) is 3.92. The second-order valence-electron chi connectivity index (χ2n) is 9.07. The molecule has 0 fully saturated rings. The van der Waals surface area contributed by atoms with Gasteiger partial charge in [-0.1, -0.05) is 13.8 Å². The Balaban J connectivity index is 1.81. The van der Waals surface area contributed by atoms with Crippen LogP contribution in [-0.2, 0) is 4.79 Å². The van der Waals surface area contributed by atoms with E-state index in [-0.39, 0.29) is 11.4 Å². The maximum absolute atomic E-state index is 13.6. The van der Waals surface area contributed by atoms with Gasteiger partial charge in [-0.3, -0.25) is 14.0 Å². The summed E-state index contributed by atoms with van der Waals surface area (Å²) in [6.07, 6.45) is 1.74. The van der Waals surface area contributed by atoms with E-state index in [1.165, 1.54) is 0 Å². The van der Waals surface area contributed by atoms with Crippen molar-refractivity contribution in [1.82, 2.24) is 14.3 Å². The zero-order valence-electron chi connectivity index (χ0n) is 19.4. The molecule has 2 aromatic carbocycles. The van der Waals surface area contributed by atoms with Gasteiger partial charge in [-0.25, -0.2) is 4.98 Å². The molecule has 0 unspecified atom stereocenters. The number of hydrogen-bond donors (Lipinski definition) is 1. The Kier molecular flexibility index (Phi) is 5.77. The van der Waals surface area contributed by atoms with Gasteiger partial charge in [0.1, 0.15) is 12.1 Å². The Hall–Kier alpha value is -3.19. The number of likely N-dealkylation sites (N-methyl/N-ethyl adjacent to an activating group) is 1. The van der Waals surface area contributed by atoms with Gasteiger partial charge in [0, 0.05) is 18.8 Å². The lowest BCUT2D eigenvalue weighted by molar-refractivity contribution is -0.142. The van der Waals surface area contributed by atoms with Crippen LogP contribution < -0.4 is 15.5 Å². The van der Waals surface area contributed by atoms with Crippen LogP contribution in [0.3, 0.4) is 0 Å². The molecule has 0 saturated carbocycles. The number of rotatable bonds is 7. The van der Waals surface area contributed by atoms with E-state index in [1.807, 2.05) is 22.6 Å².